The zero-order valence-electron chi connectivity index (χ0n) is 10.9. The first-order valence-electron chi connectivity index (χ1n) is 6.89. The number of nitrogens with one attached hydrogen (secondary N) is 1. The van der Waals surface area contributed by atoms with Crippen LogP contribution in [0.4, 0.5) is 11.4 Å². The third kappa shape index (κ3) is 2.17. The lowest BCUT2D eigenvalue weighted by Gasteiger charge is -2.38. The van der Waals surface area contributed by atoms with Gasteiger partial charge < -0.3 is 10.2 Å². The van der Waals surface area contributed by atoms with Crippen molar-refractivity contribution in [3.63, 3.8) is 0 Å². The number of hydrogen-bond donors (Lipinski definition) is 1. The largest absolute Gasteiger partial charge is 0.374 e. The van der Waals surface area contributed by atoms with E-state index >= 15 is 0 Å². The predicted molar refractivity (Wildman–Crippen MR) is 74.0 cm³/mol. The van der Waals surface area contributed by atoms with Gasteiger partial charge in [0.15, 0.2) is 0 Å². The molecule has 98 valence electrons. The molecule has 19 heavy (non-hydrogen) atoms. The maximum absolute atomic E-state index is 12.2. The SMILES string of the molecule is N#Cc1ccc2c(c1)N(C1CCCCC1)C(=O)CN2. The number of anilines is 2. The van der Waals surface area contributed by atoms with Crippen LogP contribution in [-0.4, -0.2) is 18.5 Å². The number of nitrogens with zero attached hydrogens (tertiary/aromatic N) is 2. The smallest absolute Gasteiger partial charge is 0.246 e. The van der Waals surface area contributed by atoms with Gasteiger partial charge in [0, 0.05) is 6.04 Å². The maximum Gasteiger partial charge on any atom is 0.246 e. The summed E-state index contributed by atoms with van der Waals surface area (Å²) in [6.07, 6.45) is 5.79. The quantitative estimate of drug-likeness (QED) is 0.839. The Hall–Kier alpha value is -2.02. The summed E-state index contributed by atoms with van der Waals surface area (Å²) >= 11 is 0. The molecule has 0 atom stereocenters. The fraction of sp³-hybridized carbons (Fsp3) is 0.467. The molecule has 3 rings (SSSR count). The van der Waals surface area contributed by atoms with Gasteiger partial charge in [0.05, 0.1) is 29.6 Å². The Labute approximate surface area is 113 Å². The number of amides is 1. The summed E-state index contributed by atoms with van der Waals surface area (Å²) < 4.78 is 0. The van der Waals surface area contributed by atoms with E-state index in [-0.39, 0.29) is 5.91 Å². The van der Waals surface area contributed by atoms with Gasteiger partial charge in [0.2, 0.25) is 5.91 Å². The predicted octanol–water partition coefficient (Wildman–Crippen LogP) is 2.65. The lowest BCUT2D eigenvalue weighted by molar-refractivity contribution is -0.117. The molecule has 1 aliphatic heterocycles. The molecule has 0 unspecified atom stereocenters. The number of carbonyl (C=O) groups excluding carboxylic acids is 1. The molecule has 2 aliphatic rings. The van der Waals surface area contributed by atoms with Crippen molar-refractivity contribution in [3.05, 3.63) is 23.8 Å². The minimum atomic E-state index is 0.120. The third-order valence-corrected chi connectivity index (χ3v) is 4.02. The van der Waals surface area contributed by atoms with Gasteiger partial charge in [0.1, 0.15) is 0 Å². The van der Waals surface area contributed by atoms with Crippen LogP contribution in [0.15, 0.2) is 18.2 Å². The van der Waals surface area contributed by atoms with Gasteiger partial charge >= 0.3 is 0 Å². The van der Waals surface area contributed by atoms with Gasteiger partial charge in [-0.25, -0.2) is 0 Å². The Morgan fingerprint density at radius 2 is 2.05 bits per heavy atom. The Morgan fingerprint density at radius 1 is 1.26 bits per heavy atom. The normalized spacial score (nSPS) is 19.5. The van der Waals surface area contributed by atoms with E-state index in [9.17, 15) is 4.79 Å². The molecule has 1 amide bonds. The first-order valence-corrected chi connectivity index (χ1v) is 6.89. The van der Waals surface area contributed by atoms with Crippen LogP contribution in [0, 0.1) is 11.3 Å². The molecule has 1 N–H and O–H groups in total. The average molecular weight is 255 g/mol. The molecule has 1 saturated carbocycles. The monoisotopic (exact) mass is 255 g/mol. The number of carbonyl (C=O) groups is 1. The molecular formula is C15H17N3O. The Bertz CT molecular complexity index is 541. The maximum atomic E-state index is 12.2. The summed E-state index contributed by atoms with van der Waals surface area (Å²) in [7, 11) is 0. The van der Waals surface area contributed by atoms with Crippen LogP contribution in [0.25, 0.3) is 0 Å². The molecule has 0 bridgehead atoms. The Morgan fingerprint density at radius 3 is 2.79 bits per heavy atom. The fourth-order valence-electron chi connectivity index (χ4n) is 3.08. The standard InChI is InChI=1S/C15H17N3O/c16-9-11-6-7-13-14(8-11)18(15(19)10-17-13)12-4-2-1-3-5-12/h6-8,12,17H,1-5,10H2. The van der Waals surface area contributed by atoms with E-state index in [1.807, 2.05) is 17.0 Å². The van der Waals surface area contributed by atoms with Crippen molar-refractivity contribution in [1.82, 2.24) is 0 Å². The Kier molecular flexibility index (Phi) is 3.12. The first-order chi connectivity index (χ1) is 9.29. The van der Waals surface area contributed by atoms with Crippen LogP contribution < -0.4 is 10.2 Å². The minimum absolute atomic E-state index is 0.120. The van der Waals surface area contributed by atoms with Crippen molar-refractivity contribution < 1.29 is 4.79 Å². The molecule has 4 nitrogen and oxygen atoms in total. The molecule has 0 spiro atoms. The first kappa shape index (κ1) is 12.0. The molecular weight excluding hydrogens is 238 g/mol. The molecule has 0 aromatic heterocycles. The molecule has 0 radical (unpaired) electrons. The van der Waals surface area contributed by atoms with Crippen LogP contribution in [0.3, 0.4) is 0 Å². The van der Waals surface area contributed by atoms with Gasteiger partial charge in [-0.05, 0) is 31.0 Å². The van der Waals surface area contributed by atoms with E-state index in [0.717, 1.165) is 24.2 Å². The number of hydrogen-bond acceptors (Lipinski definition) is 3. The van der Waals surface area contributed by atoms with Crippen molar-refractivity contribution in [2.45, 2.75) is 38.1 Å². The summed E-state index contributed by atoms with van der Waals surface area (Å²) in [5.41, 5.74) is 2.45. The van der Waals surface area contributed by atoms with Gasteiger partial charge in [-0.15, -0.1) is 0 Å². The third-order valence-electron chi connectivity index (χ3n) is 4.02. The summed E-state index contributed by atoms with van der Waals surface area (Å²) in [6.45, 7) is 0.357. The van der Waals surface area contributed by atoms with Crippen LogP contribution in [-0.2, 0) is 4.79 Å². The molecule has 0 saturated heterocycles. The highest BCUT2D eigenvalue weighted by Crippen LogP contribution is 2.35. The second-order valence-corrected chi connectivity index (χ2v) is 5.25. The number of rotatable bonds is 1. The molecule has 1 aliphatic carbocycles. The van der Waals surface area contributed by atoms with Crippen molar-refractivity contribution in [2.24, 2.45) is 0 Å². The lowest BCUT2D eigenvalue weighted by Crippen LogP contribution is -2.47. The molecule has 1 aromatic carbocycles. The molecule has 4 heteroatoms. The highest BCUT2D eigenvalue weighted by molar-refractivity contribution is 6.03. The second kappa shape index (κ2) is 4.93. The van der Waals surface area contributed by atoms with E-state index in [1.54, 1.807) is 6.07 Å². The average Bonchev–Trinajstić information content (AvgIpc) is 2.47. The highest BCUT2D eigenvalue weighted by atomic mass is 16.2. The fourth-order valence-corrected chi connectivity index (χ4v) is 3.08. The van der Waals surface area contributed by atoms with Crippen LogP contribution >= 0.6 is 0 Å². The van der Waals surface area contributed by atoms with Gasteiger partial charge in [0.25, 0.3) is 0 Å². The van der Waals surface area contributed by atoms with Crippen molar-refractivity contribution in [3.8, 4) is 6.07 Å². The second-order valence-electron chi connectivity index (χ2n) is 5.25. The van der Waals surface area contributed by atoms with Crippen molar-refractivity contribution >= 4 is 17.3 Å². The van der Waals surface area contributed by atoms with E-state index in [0.29, 0.717) is 18.2 Å². The zero-order chi connectivity index (χ0) is 13.2. The van der Waals surface area contributed by atoms with Gasteiger partial charge in [-0.3, -0.25) is 4.79 Å². The molecule has 1 heterocycles. The summed E-state index contributed by atoms with van der Waals surface area (Å²) in [5.74, 6) is 0.120. The van der Waals surface area contributed by atoms with Crippen LogP contribution in [0.2, 0.25) is 0 Å². The van der Waals surface area contributed by atoms with Gasteiger partial charge in [-0.1, -0.05) is 19.3 Å². The zero-order valence-corrected chi connectivity index (χ0v) is 10.9. The van der Waals surface area contributed by atoms with E-state index < -0.39 is 0 Å². The van der Waals surface area contributed by atoms with Gasteiger partial charge in [-0.2, -0.15) is 5.26 Å². The van der Waals surface area contributed by atoms with Crippen LogP contribution in [0.1, 0.15) is 37.7 Å². The highest BCUT2D eigenvalue weighted by Gasteiger charge is 2.31. The summed E-state index contributed by atoms with van der Waals surface area (Å²) in [4.78, 5) is 14.2. The number of fused-ring (bicyclic) bond motifs is 1. The van der Waals surface area contributed by atoms with E-state index in [1.165, 1.54) is 19.3 Å². The Balaban J connectivity index is 1.99. The summed E-state index contributed by atoms with van der Waals surface area (Å²) in [5, 5.41) is 12.2. The number of nitriles is 1. The lowest BCUT2D eigenvalue weighted by atomic mass is 9.93. The van der Waals surface area contributed by atoms with E-state index in [2.05, 4.69) is 11.4 Å². The van der Waals surface area contributed by atoms with Crippen molar-refractivity contribution in [2.75, 3.05) is 16.8 Å². The molecule has 1 aromatic rings. The van der Waals surface area contributed by atoms with Crippen LogP contribution in [0.5, 0.6) is 0 Å². The van der Waals surface area contributed by atoms with Crippen molar-refractivity contribution in [1.29, 1.82) is 5.26 Å². The topological polar surface area (TPSA) is 56.1 Å². The number of benzene rings is 1. The minimum Gasteiger partial charge on any atom is -0.374 e. The molecule has 1 fully saturated rings. The summed E-state index contributed by atoms with van der Waals surface area (Å²) in [6, 6.07) is 7.97. The van der Waals surface area contributed by atoms with E-state index in [4.69, 9.17) is 5.26 Å².